The lowest BCUT2D eigenvalue weighted by Crippen LogP contribution is -2.21. The summed E-state index contributed by atoms with van der Waals surface area (Å²) >= 11 is 1.46. The molecule has 1 aromatic heterocycles. The van der Waals surface area contributed by atoms with Crippen LogP contribution in [0.15, 0.2) is 71.8 Å². The van der Waals surface area contributed by atoms with Gasteiger partial charge in [0, 0.05) is 17.5 Å². The molecular weight excluding hydrogens is 364 g/mol. The molecule has 1 aliphatic carbocycles. The van der Waals surface area contributed by atoms with Gasteiger partial charge in [0.2, 0.25) is 0 Å². The van der Waals surface area contributed by atoms with Gasteiger partial charge in [0.25, 0.3) is 0 Å². The molecule has 0 radical (unpaired) electrons. The smallest absolute Gasteiger partial charge is 0.146 e. The van der Waals surface area contributed by atoms with Crippen LogP contribution in [0.2, 0.25) is 0 Å². The van der Waals surface area contributed by atoms with E-state index in [1.165, 1.54) is 11.8 Å². The average molecular weight is 385 g/mol. The van der Waals surface area contributed by atoms with Crippen LogP contribution in [0.4, 0.5) is 0 Å². The molecule has 0 N–H and O–H groups in total. The van der Waals surface area contributed by atoms with Crippen LogP contribution in [0.25, 0.3) is 22.4 Å². The standard InChI is InChI=1S/C24H20N2OS/c25-16-20-19(17-9-3-1-4-10-17)15-21(18-11-5-2-6-12-18)26-24(20)28-23-14-8-7-13-22(23)27/h1-6,9-12,15,23H,7-8,13-14H2. The predicted octanol–water partition coefficient (Wildman–Crippen LogP) is 5.89. The Labute approximate surface area is 169 Å². The van der Waals surface area contributed by atoms with Crippen molar-refractivity contribution in [3.63, 3.8) is 0 Å². The molecular formula is C24H20N2OS. The molecule has 0 spiro atoms. The van der Waals surface area contributed by atoms with Gasteiger partial charge in [0.05, 0.1) is 16.5 Å². The first-order valence-electron chi connectivity index (χ1n) is 9.51. The van der Waals surface area contributed by atoms with Gasteiger partial charge in [-0.05, 0) is 24.5 Å². The monoisotopic (exact) mass is 384 g/mol. The van der Waals surface area contributed by atoms with Gasteiger partial charge >= 0.3 is 0 Å². The van der Waals surface area contributed by atoms with Crippen LogP contribution in [0.5, 0.6) is 0 Å². The minimum Gasteiger partial charge on any atom is -0.298 e. The third-order valence-corrected chi connectivity index (χ3v) is 6.31. The van der Waals surface area contributed by atoms with Crippen molar-refractivity contribution in [3.8, 4) is 28.5 Å². The number of nitrogens with zero attached hydrogens (tertiary/aromatic N) is 2. The van der Waals surface area contributed by atoms with E-state index < -0.39 is 0 Å². The second-order valence-electron chi connectivity index (χ2n) is 6.90. The van der Waals surface area contributed by atoms with Crippen molar-refractivity contribution >= 4 is 17.5 Å². The zero-order valence-corrected chi connectivity index (χ0v) is 16.3. The van der Waals surface area contributed by atoms with Gasteiger partial charge in [-0.15, -0.1) is 0 Å². The summed E-state index contributed by atoms with van der Waals surface area (Å²) in [6, 6.07) is 24.2. The summed E-state index contributed by atoms with van der Waals surface area (Å²) in [5.74, 6) is 0.272. The molecule has 1 fully saturated rings. The first-order valence-corrected chi connectivity index (χ1v) is 10.4. The Morgan fingerprint density at radius 2 is 1.64 bits per heavy atom. The number of nitriles is 1. The number of pyridine rings is 1. The fourth-order valence-electron chi connectivity index (χ4n) is 3.53. The summed E-state index contributed by atoms with van der Waals surface area (Å²) in [7, 11) is 0. The highest BCUT2D eigenvalue weighted by Crippen LogP contribution is 2.38. The molecule has 1 saturated carbocycles. The van der Waals surface area contributed by atoms with Gasteiger partial charge in [0.1, 0.15) is 16.9 Å². The Hall–Kier alpha value is -2.90. The summed E-state index contributed by atoms with van der Waals surface area (Å²) in [4.78, 5) is 17.2. The maximum atomic E-state index is 12.4. The Kier molecular flexibility index (Phi) is 5.55. The van der Waals surface area contributed by atoms with Gasteiger partial charge in [-0.2, -0.15) is 5.26 Å². The highest BCUT2D eigenvalue weighted by Gasteiger charge is 2.26. The molecule has 1 atom stereocenters. The SMILES string of the molecule is N#Cc1c(-c2ccccc2)cc(-c2ccccc2)nc1SC1CCCCC1=O. The Balaban J connectivity index is 1.86. The van der Waals surface area contributed by atoms with Crippen LogP contribution in [-0.2, 0) is 4.79 Å². The van der Waals surface area contributed by atoms with Crippen LogP contribution in [0.1, 0.15) is 31.2 Å². The lowest BCUT2D eigenvalue weighted by Gasteiger charge is -2.21. The summed E-state index contributed by atoms with van der Waals surface area (Å²) in [5, 5.41) is 10.5. The number of benzene rings is 2. The van der Waals surface area contributed by atoms with E-state index in [-0.39, 0.29) is 11.0 Å². The van der Waals surface area contributed by atoms with Crippen LogP contribution in [-0.4, -0.2) is 16.0 Å². The number of carbonyl (C=O) groups excluding carboxylic acids is 1. The van der Waals surface area contributed by atoms with Crippen molar-refractivity contribution in [2.45, 2.75) is 36.0 Å². The largest absolute Gasteiger partial charge is 0.298 e. The van der Waals surface area contributed by atoms with Crippen molar-refractivity contribution in [3.05, 3.63) is 72.3 Å². The predicted molar refractivity (Wildman–Crippen MR) is 113 cm³/mol. The second kappa shape index (κ2) is 8.41. The Morgan fingerprint density at radius 1 is 0.964 bits per heavy atom. The molecule has 0 aliphatic heterocycles. The minimum atomic E-state index is -0.108. The van der Waals surface area contributed by atoms with E-state index in [1.54, 1.807) is 0 Å². The molecule has 1 unspecified atom stereocenters. The Bertz CT molecular complexity index is 1030. The molecule has 0 amide bonds. The first-order chi connectivity index (χ1) is 13.8. The minimum absolute atomic E-state index is 0.108. The molecule has 3 nitrogen and oxygen atoms in total. The van der Waals surface area contributed by atoms with E-state index in [1.807, 2.05) is 66.7 Å². The molecule has 4 heteroatoms. The first kappa shape index (κ1) is 18.5. The summed E-state index contributed by atoms with van der Waals surface area (Å²) in [5.41, 5.74) is 4.22. The van der Waals surface area contributed by atoms with E-state index in [0.717, 1.165) is 41.6 Å². The van der Waals surface area contributed by atoms with Crippen LogP contribution < -0.4 is 0 Å². The fourth-order valence-corrected chi connectivity index (χ4v) is 4.76. The lowest BCUT2D eigenvalue weighted by atomic mass is 9.99. The fraction of sp³-hybridized carbons (Fsp3) is 0.208. The highest BCUT2D eigenvalue weighted by atomic mass is 32.2. The van der Waals surface area contributed by atoms with E-state index in [4.69, 9.17) is 4.98 Å². The van der Waals surface area contributed by atoms with Gasteiger partial charge in [-0.3, -0.25) is 4.79 Å². The molecule has 4 rings (SSSR count). The number of carbonyl (C=O) groups is 1. The maximum Gasteiger partial charge on any atom is 0.146 e. The molecule has 1 heterocycles. The maximum absolute atomic E-state index is 12.4. The number of hydrogen-bond acceptors (Lipinski definition) is 4. The summed E-state index contributed by atoms with van der Waals surface area (Å²) < 4.78 is 0. The molecule has 0 bridgehead atoms. The third-order valence-electron chi connectivity index (χ3n) is 5.00. The molecule has 3 aromatic rings. The van der Waals surface area contributed by atoms with Crippen molar-refractivity contribution in [2.75, 3.05) is 0 Å². The topological polar surface area (TPSA) is 53.8 Å². The molecule has 1 aliphatic rings. The van der Waals surface area contributed by atoms with Crippen molar-refractivity contribution < 1.29 is 4.79 Å². The zero-order chi connectivity index (χ0) is 19.3. The van der Waals surface area contributed by atoms with Crippen LogP contribution in [0, 0.1) is 11.3 Å². The molecule has 138 valence electrons. The number of ketones is 1. The number of Topliss-reactive ketones (excluding diaryl/α,β-unsaturated/α-hetero) is 1. The zero-order valence-electron chi connectivity index (χ0n) is 15.5. The van der Waals surface area contributed by atoms with Gasteiger partial charge in [0.15, 0.2) is 0 Å². The number of thioether (sulfide) groups is 1. The van der Waals surface area contributed by atoms with E-state index in [2.05, 4.69) is 6.07 Å². The number of rotatable bonds is 4. The second-order valence-corrected chi connectivity index (χ2v) is 8.09. The van der Waals surface area contributed by atoms with Gasteiger partial charge in [-0.1, -0.05) is 78.8 Å². The number of hydrogen-bond donors (Lipinski definition) is 0. The van der Waals surface area contributed by atoms with Crippen molar-refractivity contribution in [1.29, 1.82) is 5.26 Å². The van der Waals surface area contributed by atoms with E-state index >= 15 is 0 Å². The third kappa shape index (κ3) is 3.85. The van der Waals surface area contributed by atoms with Crippen LogP contribution >= 0.6 is 11.8 Å². The molecule has 0 saturated heterocycles. The lowest BCUT2D eigenvalue weighted by molar-refractivity contribution is -0.119. The normalized spacial score (nSPS) is 16.5. The van der Waals surface area contributed by atoms with Crippen molar-refractivity contribution in [2.24, 2.45) is 0 Å². The average Bonchev–Trinajstić information content (AvgIpc) is 2.76. The number of aromatic nitrogens is 1. The van der Waals surface area contributed by atoms with Crippen molar-refractivity contribution in [1.82, 2.24) is 4.98 Å². The van der Waals surface area contributed by atoms with E-state index in [0.29, 0.717) is 17.0 Å². The molecule has 28 heavy (non-hydrogen) atoms. The van der Waals surface area contributed by atoms with E-state index in [9.17, 15) is 10.1 Å². The highest BCUT2D eigenvalue weighted by molar-refractivity contribution is 8.00. The summed E-state index contributed by atoms with van der Waals surface area (Å²) in [6.07, 6.45) is 3.50. The van der Waals surface area contributed by atoms with Gasteiger partial charge < -0.3 is 0 Å². The quantitative estimate of drug-likeness (QED) is 0.563. The van der Waals surface area contributed by atoms with Crippen LogP contribution in [0.3, 0.4) is 0 Å². The molecule has 2 aromatic carbocycles. The summed E-state index contributed by atoms with van der Waals surface area (Å²) in [6.45, 7) is 0. The Morgan fingerprint density at radius 3 is 2.29 bits per heavy atom. The van der Waals surface area contributed by atoms with Gasteiger partial charge in [-0.25, -0.2) is 4.98 Å².